The Morgan fingerprint density at radius 3 is 2.53 bits per heavy atom. The largest absolute Gasteiger partial charge is 0.373 e. The smallest absolute Gasteiger partial charge is 0.0821 e. The van der Waals surface area contributed by atoms with Crippen LogP contribution in [0.2, 0.25) is 0 Å². The predicted octanol–water partition coefficient (Wildman–Crippen LogP) is 3.79. The fraction of sp³-hybridized carbons (Fsp3) is 0.857. The second-order valence-corrected chi connectivity index (χ2v) is 6.38. The Labute approximate surface area is 93.9 Å². The van der Waals surface area contributed by atoms with Crippen LogP contribution >= 0.6 is 0 Å². The summed E-state index contributed by atoms with van der Waals surface area (Å²) in [7, 11) is 0. The van der Waals surface area contributed by atoms with Crippen LogP contribution < -0.4 is 0 Å². The number of ether oxygens (including phenoxy) is 1. The van der Waals surface area contributed by atoms with Crippen LogP contribution in [0.3, 0.4) is 0 Å². The van der Waals surface area contributed by atoms with E-state index in [0.717, 1.165) is 6.61 Å². The van der Waals surface area contributed by atoms with Crippen LogP contribution in [0.5, 0.6) is 0 Å². The minimum absolute atomic E-state index is 0.373. The highest BCUT2D eigenvalue weighted by Crippen LogP contribution is 2.60. The van der Waals surface area contributed by atoms with Crippen molar-refractivity contribution in [2.75, 3.05) is 6.61 Å². The monoisotopic (exact) mass is 208 g/mol. The normalized spacial score (nSPS) is 44.5. The second kappa shape index (κ2) is 3.35. The van der Waals surface area contributed by atoms with Crippen LogP contribution in [-0.2, 0) is 4.74 Å². The van der Waals surface area contributed by atoms with Crippen molar-refractivity contribution >= 4 is 0 Å². The minimum Gasteiger partial charge on any atom is -0.373 e. The van der Waals surface area contributed by atoms with Crippen LogP contribution in [0.15, 0.2) is 11.6 Å². The summed E-state index contributed by atoms with van der Waals surface area (Å²) in [5.41, 5.74) is 2.29. The van der Waals surface area contributed by atoms with Crippen molar-refractivity contribution in [3.05, 3.63) is 11.6 Å². The van der Waals surface area contributed by atoms with Gasteiger partial charge in [-0.05, 0) is 43.1 Å². The minimum atomic E-state index is 0.373. The molecule has 2 aliphatic rings. The van der Waals surface area contributed by atoms with Crippen LogP contribution in [-0.4, -0.2) is 12.7 Å². The first-order valence-corrected chi connectivity index (χ1v) is 6.15. The molecular formula is C14H24O. The van der Waals surface area contributed by atoms with Gasteiger partial charge in [0.05, 0.1) is 12.7 Å². The maximum atomic E-state index is 6.04. The van der Waals surface area contributed by atoms with E-state index in [-0.39, 0.29) is 0 Å². The van der Waals surface area contributed by atoms with E-state index in [9.17, 15) is 0 Å². The van der Waals surface area contributed by atoms with E-state index in [4.69, 9.17) is 4.74 Å². The molecule has 0 aromatic heterocycles. The van der Waals surface area contributed by atoms with Crippen LogP contribution in [0, 0.1) is 16.7 Å². The molecule has 86 valence electrons. The zero-order valence-corrected chi connectivity index (χ0v) is 10.8. The van der Waals surface area contributed by atoms with E-state index < -0.39 is 0 Å². The van der Waals surface area contributed by atoms with E-state index in [1.807, 2.05) is 0 Å². The lowest BCUT2D eigenvalue weighted by molar-refractivity contribution is 0.0794. The molecule has 2 fully saturated rings. The van der Waals surface area contributed by atoms with Gasteiger partial charge in [-0.1, -0.05) is 26.8 Å². The average molecular weight is 208 g/mol. The van der Waals surface area contributed by atoms with Gasteiger partial charge in [0.1, 0.15) is 0 Å². The number of allylic oxidation sites excluding steroid dienone is 1. The quantitative estimate of drug-likeness (QED) is 0.596. The second-order valence-electron chi connectivity index (χ2n) is 6.38. The fourth-order valence-electron chi connectivity index (χ4n) is 3.73. The van der Waals surface area contributed by atoms with E-state index >= 15 is 0 Å². The molecule has 1 heterocycles. The topological polar surface area (TPSA) is 9.23 Å². The molecule has 15 heavy (non-hydrogen) atoms. The first kappa shape index (κ1) is 11.2. The number of hydrogen-bond acceptors (Lipinski definition) is 1. The Morgan fingerprint density at radius 2 is 1.93 bits per heavy atom. The molecule has 1 saturated heterocycles. The maximum Gasteiger partial charge on any atom is 0.0821 e. The van der Waals surface area contributed by atoms with E-state index in [1.54, 1.807) is 0 Å². The molecule has 0 spiro atoms. The van der Waals surface area contributed by atoms with Crippen molar-refractivity contribution < 1.29 is 4.74 Å². The van der Waals surface area contributed by atoms with Crippen LogP contribution in [0.25, 0.3) is 0 Å². The van der Waals surface area contributed by atoms with Crippen LogP contribution in [0.4, 0.5) is 0 Å². The number of fused-ring (bicyclic) bond motifs is 1. The molecular weight excluding hydrogens is 184 g/mol. The Balaban J connectivity index is 2.32. The first-order valence-electron chi connectivity index (χ1n) is 6.15. The van der Waals surface area contributed by atoms with Gasteiger partial charge in [0, 0.05) is 5.92 Å². The summed E-state index contributed by atoms with van der Waals surface area (Å²) in [5.74, 6) is 0.709. The average Bonchev–Trinajstić information content (AvgIpc) is 2.63. The first-order chi connectivity index (χ1) is 6.91. The molecule has 1 nitrogen and oxygen atoms in total. The Morgan fingerprint density at radius 1 is 1.27 bits per heavy atom. The third-order valence-electron chi connectivity index (χ3n) is 4.73. The number of rotatable bonds is 1. The fourth-order valence-corrected chi connectivity index (χ4v) is 3.73. The summed E-state index contributed by atoms with van der Waals surface area (Å²) >= 11 is 0. The zero-order chi connectivity index (χ0) is 11.3. The molecule has 0 aromatic rings. The van der Waals surface area contributed by atoms with Crippen molar-refractivity contribution in [1.82, 2.24) is 0 Å². The SMILES string of the molecule is CC=C(C)C1OCC2(C)CCC(C)(C)C12. The standard InChI is InChI=1S/C14H24O/c1-6-10(2)11-12-13(3,4)7-8-14(12,5)9-15-11/h6,11-12H,7-9H2,1-5H3. The molecule has 1 aliphatic carbocycles. The van der Waals surface area contributed by atoms with Gasteiger partial charge in [0.15, 0.2) is 0 Å². The lowest BCUT2D eigenvalue weighted by atomic mass is 9.69. The van der Waals surface area contributed by atoms with E-state index in [2.05, 4.69) is 40.7 Å². The van der Waals surface area contributed by atoms with Gasteiger partial charge in [-0.3, -0.25) is 0 Å². The van der Waals surface area contributed by atoms with Crippen molar-refractivity contribution in [2.45, 2.75) is 53.6 Å². The molecule has 1 aliphatic heterocycles. The van der Waals surface area contributed by atoms with Crippen molar-refractivity contribution in [1.29, 1.82) is 0 Å². The molecule has 2 rings (SSSR count). The lowest BCUT2D eigenvalue weighted by Crippen LogP contribution is -2.34. The molecule has 0 amide bonds. The van der Waals surface area contributed by atoms with Gasteiger partial charge in [0.25, 0.3) is 0 Å². The van der Waals surface area contributed by atoms with Crippen LogP contribution in [0.1, 0.15) is 47.5 Å². The van der Waals surface area contributed by atoms with Gasteiger partial charge in [-0.2, -0.15) is 0 Å². The van der Waals surface area contributed by atoms with Crippen molar-refractivity contribution in [2.24, 2.45) is 16.7 Å². The molecule has 0 bridgehead atoms. The Kier molecular flexibility index (Phi) is 2.50. The molecule has 3 atom stereocenters. The molecule has 3 unspecified atom stereocenters. The highest BCUT2D eigenvalue weighted by atomic mass is 16.5. The Hall–Kier alpha value is -0.300. The van der Waals surface area contributed by atoms with Gasteiger partial charge >= 0.3 is 0 Å². The summed E-state index contributed by atoms with van der Waals surface area (Å²) in [6, 6.07) is 0. The van der Waals surface area contributed by atoms with Crippen molar-refractivity contribution in [3.8, 4) is 0 Å². The van der Waals surface area contributed by atoms with E-state index in [0.29, 0.717) is 22.9 Å². The lowest BCUT2D eigenvalue weighted by Gasteiger charge is -2.34. The van der Waals surface area contributed by atoms with E-state index in [1.165, 1.54) is 18.4 Å². The summed E-state index contributed by atoms with van der Waals surface area (Å²) in [5, 5.41) is 0. The highest BCUT2D eigenvalue weighted by molar-refractivity contribution is 5.16. The molecule has 0 N–H and O–H groups in total. The third kappa shape index (κ3) is 1.56. The van der Waals surface area contributed by atoms with Gasteiger partial charge in [-0.25, -0.2) is 0 Å². The summed E-state index contributed by atoms with van der Waals surface area (Å²) in [6.07, 6.45) is 5.27. The predicted molar refractivity (Wildman–Crippen MR) is 63.8 cm³/mol. The molecule has 1 saturated carbocycles. The summed E-state index contributed by atoms with van der Waals surface area (Å²) in [6.45, 7) is 12.5. The van der Waals surface area contributed by atoms with Gasteiger partial charge in [-0.15, -0.1) is 0 Å². The number of hydrogen-bond donors (Lipinski definition) is 0. The van der Waals surface area contributed by atoms with Crippen molar-refractivity contribution in [3.63, 3.8) is 0 Å². The molecule has 0 radical (unpaired) electrons. The highest BCUT2D eigenvalue weighted by Gasteiger charge is 2.57. The third-order valence-corrected chi connectivity index (χ3v) is 4.73. The van der Waals surface area contributed by atoms with Gasteiger partial charge in [0.2, 0.25) is 0 Å². The molecule has 0 aromatic carbocycles. The van der Waals surface area contributed by atoms with Gasteiger partial charge < -0.3 is 4.74 Å². The zero-order valence-electron chi connectivity index (χ0n) is 10.8. The summed E-state index contributed by atoms with van der Waals surface area (Å²) < 4.78 is 6.04. The summed E-state index contributed by atoms with van der Waals surface area (Å²) in [4.78, 5) is 0. The Bertz CT molecular complexity index is 290. The maximum absolute atomic E-state index is 6.04. The molecule has 1 heteroatoms.